The van der Waals surface area contributed by atoms with Gasteiger partial charge in [-0.15, -0.1) is 11.3 Å². The lowest BCUT2D eigenvalue weighted by Gasteiger charge is -2.21. The van der Waals surface area contributed by atoms with E-state index in [-0.39, 0.29) is 0 Å². The summed E-state index contributed by atoms with van der Waals surface area (Å²) in [4.78, 5) is 15.5. The van der Waals surface area contributed by atoms with Crippen molar-refractivity contribution in [3.63, 3.8) is 0 Å². The molecule has 1 atom stereocenters. The number of pyridine rings is 1. The van der Waals surface area contributed by atoms with Crippen LogP contribution in [0.15, 0.2) is 36.1 Å². The summed E-state index contributed by atoms with van der Waals surface area (Å²) in [7, 11) is 2.23. The van der Waals surface area contributed by atoms with E-state index >= 15 is 0 Å². The summed E-state index contributed by atoms with van der Waals surface area (Å²) < 4.78 is 2.11. The normalized spacial score (nSPS) is 18.6. The molecule has 132 valence electrons. The summed E-state index contributed by atoms with van der Waals surface area (Å²) in [5, 5.41) is 0. The van der Waals surface area contributed by atoms with Crippen LogP contribution in [0.2, 0.25) is 0 Å². The topological polar surface area (TPSA) is 36.7 Å². The lowest BCUT2D eigenvalue weighted by Crippen LogP contribution is -2.28. The Morgan fingerprint density at radius 1 is 1.36 bits per heavy atom. The monoisotopic (exact) mass is 355 g/mol. The van der Waals surface area contributed by atoms with Crippen molar-refractivity contribution in [2.75, 3.05) is 26.7 Å². The van der Waals surface area contributed by atoms with E-state index in [1.807, 2.05) is 17.6 Å². The Labute approximate surface area is 152 Å². The molecule has 0 spiro atoms. The van der Waals surface area contributed by atoms with E-state index < -0.39 is 0 Å². The van der Waals surface area contributed by atoms with Gasteiger partial charge < -0.3 is 9.30 Å². The van der Waals surface area contributed by atoms with Crippen LogP contribution < -0.4 is 0 Å². The summed E-state index contributed by atoms with van der Waals surface area (Å²) in [5.74, 6) is 0.746. The van der Waals surface area contributed by atoms with E-state index in [0.717, 1.165) is 31.2 Å². The molecule has 3 aromatic heterocycles. The van der Waals surface area contributed by atoms with Crippen LogP contribution in [0.25, 0.3) is 5.65 Å². The molecule has 0 N–H and O–H groups in total. The minimum Gasteiger partial charge on any atom is -0.307 e. The Morgan fingerprint density at radius 2 is 2.28 bits per heavy atom. The van der Waals surface area contributed by atoms with Crippen molar-refractivity contribution in [1.29, 1.82) is 0 Å². The van der Waals surface area contributed by atoms with Crippen molar-refractivity contribution in [3.05, 3.63) is 52.4 Å². The fourth-order valence-corrected chi connectivity index (χ4v) is 4.58. The van der Waals surface area contributed by atoms with Gasteiger partial charge in [-0.25, -0.2) is 9.97 Å². The van der Waals surface area contributed by atoms with Gasteiger partial charge in [-0.3, -0.25) is 4.90 Å². The third-order valence-corrected chi connectivity index (χ3v) is 5.92. The maximum absolute atomic E-state index is 4.73. The molecule has 5 nitrogen and oxygen atoms in total. The van der Waals surface area contributed by atoms with Crippen molar-refractivity contribution in [2.24, 2.45) is 5.92 Å². The Hall–Kier alpha value is -1.76. The maximum atomic E-state index is 4.73. The number of likely N-dealkylation sites (tertiary alicyclic amines) is 1. The van der Waals surface area contributed by atoms with Gasteiger partial charge >= 0.3 is 0 Å². The van der Waals surface area contributed by atoms with E-state index in [4.69, 9.17) is 4.98 Å². The number of aromatic nitrogens is 3. The highest BCUT2D eigenvalue weighted by Crippen LogP contribution is 2.21. The van der Waals surface area contributed by atoms with Crippen molar-refractivity contribution in [3.8, 4) is 0 Å². The molecule has 0 saturated carbocycles. The van der Waals surface area contributed by atoms with Gasteiger partial charge in [0.15, 0.2) is 0 Å². The van der Waals surface area contributed by atoms with E-state index in [2.05, 4.69) is 51.6 Å². The molecule has 0 aromatic carbocycles. The van der Waals surface area contributed by atoms with Gasteiger partial charge in [0, 0.05) is 43.4 Å². The average Bonchev–Trinajstić information content (AvgIpc) is 3.29. The summed E-state index contributed by atoms with van der Waals surface area (Å²) in [5.41, 5.74) is 5.33. The Morgan fingerprint density at radius 3 is 3.08 bits per heavy atom. The summed E-state index contributed by atoms with van der Waals surface area (Å²) in [6.07, 6.45) is 5.50. The van der Waals surface area contributed by atoms with Crippen molar-refractivity contribution < 1.29 is 0 Å². The van der Waals surface area contributed by atoms with E-state index in [9.17, 15) is 0 Å². The zero-order valence-electron chi connectivity index (χ0n) is 14.9. The molecule has 0 radical (unpaired) electrons. The minimum absolute atomic E-state index is 0.746. The number of thiazole rings is 1. The molecule has 1 fully saturated rings. The average molecular weight is 356 g/mol. The molecule has 3 aromatic rings. The number of fused-ring (bicyclic) bond motifs is 1. The third-order valence-electron chi connectivity index (χ3n) is 5.00. The zero-order valence-corrected chi connectivity index (χ0v) is 15.7. The second-order valence-electron chi connectivity index (χ2n) is 7.15. The van der Waals surface area contributed by atoms with E-state index in [1.54, 1.807) is 11.3 Å². The predicted octanol–water partition coefficient (Wildman–Crippen LogP) is 3.05. The molecular weight excluding hydrogens is 330 g/mol. The van der Waals surface area contributed by atoms with Gasteiger partial charge in [0.1, 0.15) is 5.65 Å². The Balaban J connectivity index is 1.29. The molecule has 4 rings (SSSR count). The van der Waals surface area contributed by atoms with Gasteiger partial charge in [0.25, 0.3) is 0 Å². The Kier molecular flexibility index (Phi) is 4.83. The molecule has 25 heavy (non-hydrogen) atoms. The molecule has 0 aliphatic carbocycles. The summed E-state index contributed by atoms with van der Waals surface area (Å²) in [6.45, 7) is 7.56. The molecule has 0 amide bonds. The number of nitrogens with zero attached hydrogens (tertiary/aromatic N) is 5. The van der Waals surface area contributed by atoms with Gasteiger partial charge in [0.05, 0.1) is 16.9 Å². The second-order valence-corrected chi connectivity index (χ2v) is 8.09. The first-order valence-electron chi connectivity index (χ1n) is 8.90. The van der Waals surface area contributed by atoms with Crippen LogP contribution in [0.1, 0.15) is 22.7 Å². The zero-order chi connectivity index (χ0) is 17.2. The van der Waals surface area contributed by atoms with E-state index in [1.165, 1.54) is 35.8 Å². The molecule has 1 aliphatic heterocycles. The minimum atomic E-state index is 0.746. The lowest BCUT2D eigenvalue weighted by molar-refractivity contribution is 0.255. The smallest absolute Gasteiger partial charge is 0.137 e. The van der Waals surface area contributed by atoms with E-state index in [0.29, 0.717) is 0 Å². The van der Waals surface area contributed by atoms with Gasteiger partial charge in [0.2, 0.25) is 0 Å². The quantitative estimate of drug-likeness (QED) is 0.681. The van der Waals surface area contributed by atoms with Gasteiger partial charge in [-0.1, -0.05) is 6.07 Å². The maximum Gasteiger partial charge on any atom is 0.137 e. The fraction of sp³-hybridized carbons (Fsp3) is 0.474. The van der Waals surface area contributed by atoms with Crippen molar-refractivity contribution in [2.45, 2.75) is 26.4 Å². The van der Waals surface area contributed by atoms with Crippen LogP contribution in [0.5, 0.6) is 0 Å². The summed E-state index contributed by atoms with van der Waals surface area (Å²) >= 11 is 1.77. The van der Waals surface area contributed by atoms with Crippen LogP contribution in [-0.2, 0) is 13.1 Å². The van der Waals surface area contributed by atoms with Gasteiger partial charge in [-0.2, -0.15) is 0 Å². The Bertz CT molecular complexity index is 806. The molecule has 1 saturated heterocycles. The highest BCUT2D eigenvalue weighted by Gasteiger charge is 2.24. The van der Waals surface area contributed by atoms with Crippen molar-refractivity contribution >= 4 is 17.0 Å². The highest BCUT2D eigenvalue weighted by atomic mass is 32.1. The number of aryl methyl sites for hydroxylation is 1. The molecule has 4 heterocycles. The van der Waals surface area contributed by atoms with Crippen LogP contribution in [0.3, 0.4) is 0 Å². The standard InChI is InChI=1S/C19H25N5S/c1-15-18(25-14-20-15)13-22(2)9-16-6-8-23(10-16)11-17-12-24-7-4-3-5-19(24)21-17/h3-5,7,12,14,16H,6,8-11,13H2,1-2H3/t16-/m1/s1. The second kappa shape index (κ2) is 7.23. The number of rotatable bonds is 6. The molecule has 1 aliphatic rings. The molecule has 6 heteroatoms. The first kappa shape index (κ1) is 16.7. The van der Waals surface area contributed by atoms with Crippen LogP contribution in [0.4, 0.5) is 0 Å². The van der Waals surface area contributed by atoms with Crippen LogP contribution >= 0.6 is 11.3 Å². The van der Waals surface area contributed by atoms with Crippen LogP contribution in [0, 0.1) is 12.8 Å². The SMILES string of the molecule is Cc1ncsc1CN(C)C[C@H]1CCN(Cc2cn3ccccc3n2)C1. The van der Waals surface area contributed by atoms with Gasteiger partial charge in [-0.05, 0) is 45.0 Å². The first-order valence-corrected chi connectivity index (χ1v) is 9.78. The fourth-order valence-electron chi connectivity index (χ4n) is 3.73. The molecule has 0 unspecified atom stereocenters. The first-order chi connectivity index (χ1) is 12.2. The number of hydrogen-bond donors (Lipinski definition) is 0. The molecule has 0 bridgehead atoms. The largest absolute Gasteiger partial charge is 0.307 e. The molecular formula is C19H25N5S. The van der Waals surface area contributed by atoms with Crippen LogP contribution in [-0.4, -0.2) is 50.9 Å². The van der Waals surface area contributed by atoms with Crippen molar-refractivity contribution in [1.82, 2.24) is 24.2 Å². The number of imidazole rings is 1. The number of hydrogen-bond acceptors (Lipinski definition) is 5. The highest BCUT2D eigenvalue weighted by molar-refractivity contribution is 7.09. The third kappa shape index (κ3) is 3.92. The lowest BCUT2D eigenvalue weighted by atomic mass is 10.1. The summed E-state index contributed by atoms with van der Waals surface area (Å²) in [6, 6.07) is 6.15. The predicted molar refractivity (Wildman–Crippen MR) is 102 cm³/mol.